The van der Waals surface area contributed by atoms with Crippen molar-refractivity contribution in [2.75, 3.05) is 25.1 Å². The Labute approximate surface area is 199 Å². The maximum atomic E-state index is 14.1. The minimum Gasteiger partial charge on any atom is -0.454 e. The number of nitrogens with zero attached hydrogens (tertiary/aromatic N) is 2. The molecule has 2 N–H and O–H groups in total. The fourth-order valence-electron chi connectivity index (χ4n) is 4.18. The predicted octanol–water partition coefficient (Wildman–Crippen LogP) is 3.13. The van der Waals surface area contributed by atoms with Crippen molar-refractivity contribution in [1.82, 2.24) is 15.2 Å². The van der Waals surface area contributed by atoms with E-state index in [1.54, 1.807) is 23.1 Å². The molecule has 0 saturated carbocycles. The maximum absolute atomic E-state index is 14.1. The smallest absolute Gasteiger partial charge is 0.303 e. The minimum absolute atomic E-state index is 0.0166. The van der Waals surface area contributed by atoms with E-state index in [0.29, 0.717) is 13.1 Å². The monoisotopic (exact) mass is 554 g/mol. The van der Waals surface area contributed by atoms with E-state index in [1.165, 1.54) is 25.4 Å². The van der Waals surface area contributed by atoms with Gasteiger partial charge >= 0.3 is 5.97 Å². The van der Waals surface area contributed by atoms with Gasteiger partial charge in [0.25, 0.3) is 5.91 Å². The van der Waals surface area contributed by atoms with E-state index in [0.717, 1.165) is 29.4 Å². The molecular weight excluding hydrogens is 530 g/mol. The van der Waals surface area contributed by atoms with Crippen LogP contribution in [0.3, 0.4) is 0 Å². The van der Waals surface area contributed by atoms with Crippen LogP contribution in [0.2, 0.25) is 0 Å². The van der Waals surface area contributed by atoms with E-state index < -0.39 is 11.4 Å². The van der Waals surface area contributed by atoms with Crippen molar-refractivity contribution in [2.24, 2.45) is 0 Å². The number of carbonyl (C=O) groups is 2. The van der Waals surface area contributed by atoms with Crippen LogP contribution in [0.5, 0.6) is 5.75 Å². The molecule has 0 spiro atoms. The maximum Gasteiger partial charge on any atom is 0.303 e. The van der Waals surface area contributed by atoms with Crippen molar-refractivity contribution in [1.29, 1.82) is 0 Å². The molecule has 1 amide bonds. The van der Waals surface area contributed by atoms with Gasteiger partial charge in [0, 0.05) is 16.7 Å². The first-order valence-electron chi connectivity index (χ1n) is 10.4. The molecule has 2 aromatic rings. The van der Waals surface area contributed by atoms with Gasteiger partial charge in [0.15, 0.2) is 17.2 Å². The zero-order chi connectivity index (χ0) is 22.7. The first kappa shape index (κ1) is 22.7. The molecule has 2 aliphatic rings. The Bertz CT molecular complexity index is 1010. The molecule has 4 rings (SSSR count). The molecule has 8 nitrogen and oxygen atoms in total. The highest BCUT2D eigenvalue weighted by atomic mass is 127. The molecule has 10 heteroatoms. The Morgan fingerprint density at radius 1 is 1.31 bits per heavy atom. The van der Waals surface area contributed by atoms with Crippen molar-refractivity contribution in [2.45, 2.75) is 37.8 Å². The zero-order valence-corrected chi connectivity index (χ0v) is 19.7. The molecule has 170 valence electrons. The standard InChI is InChI=1S/C22H24FIN4O4/c1-14(29)31-22(20-4-2-3-8-26-20)12-28(13-22)21(30)16-7-9-25-11-19(16)32-27-18-6-5-15(24)10-17(18)23/h5-7,9-11,20,26-27H,2-4,8,12-13H2,1H3. The number of nitrogens with one attached hydrogen (secondary N) is 2. The summed E-state index contributed by atoms with van der Waals surface area (Å²) in [6, 6.07) is 6.22. The SMILES string of the molecule is CC(=O)OC1(C2CCCCN2)CN(C(=O)c2ccncc2ONc2ccc(I)cc2F)C1. The van der Waals surface area contributed by atoms with Crippen LogP contribution in [-0.4, -0.2) is 53.0 Å². The van der Waals surface area contributed by atoms with E-state index in [1.807, 2.05) is 22.6 Å². The fourth-order valence-corrected chi connectivity index (χ4v) is 4.63. The summed E-state index contributed by atoms with van der Waals surface area (Å²) < 4.78 is 20.5. The van der Waals surface area contributed by atoms with Gasteiger partial charge in [-0.05, 0) is 66.2 Å². The summed E-state index contributed by atoms with van der Waals surface area (Å²) in [7, 11) is 0. The Morgan fingerprint density at radius 3 is 2.81 bits per heavy atom. The van der Waals surface area contributed by atoms with E-state index in [4.69, 9.17) is 9.57 Å². The number of hydrogen-bond acceptors (Lipinski definition) is 7. The summed E-state index contributed by atoms with van der Waals surface area (Å²) in [5.74, 6) is -0.925. The van der Waals surface area contributed by atoms with Crippen LogP contribution in [0.4, 0.5) is 10.1 Å². The molecule has 32 heavy (non-hydrogen) atoms. The zero-order valence-electron chi connectivity index (χ0n) is 17.6. The van der Waals surface area contributed by atoms with Gasteiger partial charge in [-0.25, -0.2) is 9.87 Å². The normalized spacial score (nSPS) is 19.6. The summed E-state index contributed by atoms with van der Waals surface area (Å²) in [6.45, 7) is 2.85. The predicted molar refractivity (Wildman–Crippen MR) is 124 cm³/mol. The third kappa shape index (κ3) is 4.80. The second kappa shape index (κ2) is 9.57. The highest BCUT2D eigenvalue weighted by Crippen LogP contribution is 2.35. The summed E-state index contributed by atoms with van der Waals surface area (Å²) in [5, 5.41) is 3.43. The van der Waals surface area contributed by atoms with Gasteiger partial charge in [0.05, 0.1) is 30.9 Å². The minimum atomic E-state index is -0.724. The number of anilines is 1. The molecule has 2 fully saturated rings. The van der Waals surface area contributed by atoms with Crippen molar-refractivity contribution in [3.05, 3.63) is 51.6 Å². The van der Waals surface area contributed by atoms with Gasteiger partial charge in [-0.1, -0.05) is 6.42 Å². The number of esters is 1. The fraction of sp³-hybridized carbons (Fsp3) is 0.409. The van der Waals surface area contributed by atoms with Gasteiger partial charge in [-0.3, -0.25) is 14.6 Å². The average molecular weight is 554 g/mol. The summed E-state index contributed by atoms with van der Waals surface area (Å²) in [4.78, 5) is 36.1. The number of pyridine rings is 1. The lowest BCUT2D eigenvalue weighted by Crippen LogP contribution is -2.73. The van der Waals surface area contributed by atoms with Crippen LogP contribution in [-0.2, 0) is 9.53 Å². The number of carbonyl (C=O) groups excluding carboxylic acids is 2. The van der Waals surface area contributed by atoms with Crippen molar-refractivity contribution >= 4 is 40.2 Å². The lowest BCUT2D eigenvalue weighted by atomic mass is 9.81. The second-order valence-corrected chi connectivity index (χ2v) is 9.27. The van der Waals surface area contributed by atoms with Crippen molar-refractivity contribution in [3.63, 3.8) is 0 Å². The molecule has 0 bridgehead atoms. The molecule has 1 unspecified atom stereocenters. The molecule has 1 atom stereocenters. The molecule has 0 radical (unpaired) electrons. The summed E-state index contributed by atoms with van der Waals surface area (Å²) in [5.41, 5.74) is 2.26. The number of aromatic nitrogens is 1. The molecule has 1 aromatic carbocycles. The molecule has 0 aliphatic carbocycles. The van der Waals surface area contributed by atoms with E-state index in [9.17, 15) is 14.0 Å². The first-order valence-corrected chi connectivity index (χ1v) is 11.5. The number of ether oxygens (including phenoxy) is 1. The highest BCUT2D eigenvalue weighted by molar-refractivity contribution is 14.1. The number of hydrogen-bond donors (Lipinski definition) is 2. The van der Waals surface area contributed by atoms with Crippen molar-refractivity contribution < 1.29 is 23.6 Å². The Kier molecular flexibility index (Phi) is 6.79. The van der Waals surface area contributed by atoms with Crippen LogP contribution >= 0.6 is 22.6 Å². The number of benzene rings is 1. The number of halogens is 2. The van der Waals surface area contributed by atoms with E-state index in [-0.39, 0.29) is 34.9 Å². The lowest BCUT2D eigenvalue weighted by Gasteiger charge is -2.53. The number of amides is 1. The third-order valence-electron chi connectivity index (χ3n) is 5.71. The van der Waals surface area contributed by atoms with Gasteiger partial charge < -0.3 is 19.8 Å². The summed E-state index contributed by atoms with van der Waals surface area (Å²) in [6.07, 6.45) is 5.92. The van der Waals surface area contributed by atoms with Gasteiger partial charge in [-0.15, -0.1) is 0 Å². The van der Waals surface area contributed by atoms with E-state index >= 15 is 0 Å². The number of piperidine rings is 1. The highest BCUT2D eigenvalue weighted by Gasteiger charge is 2.54. The quantitative estimate of drug-likeness (QED) is 0.322. The van der Waals surface area contributed by atoms with Gasteiger partial charge in [0.1, 0.15) is 5.69 Å². The summed E-state index contributed by atoms with van der Waals surface area (Å²) >= 11 is 2.02. The topological polar surface area (TPSA) is 92.8 Å². The first-order chi connectivity index (χ1) is 15.4. The van der Waals surface area contributed by atoms with Crippen LogP contribution in [0, 0.1) is 9.39 Å². The van der Waals surface area contributed by atoms with Crippen LogP contribution in [0.15, 0.2) is 36.7 Å². The van der Waals surface area contributed by atoms with Crippen molar-refractivity contribution in [3.8, 4) is 5.75 Å². The molecular formula is C22H24FIN4O4. The molecule has 2 saturated heterocycles. The number of rotatable bonds is 6. The van der Waals surface area contributed by atoms with Crippen LogP contribution in [0.25, 0.3) is 0 Å². The largest absolute Gasteiger partial charge is 0.454 e. The average Bonchev–Trinajstić information content (AvgIpc) is 2.75. The van der Waals surface area contributed by atoms with Gasteiger partial charge in [-0.2, -0.15) is 0 Å². The number of likely N-dealkylation sites (tertiary alicyclic amines) is 1. The third-order valence-corrected chi connectivity index (χ3v) is 6.38. The lowest BCUT2D eigenvalue weighted by molar-refractivity contribution is -0.181. The Hall–Kier alpha value is -2.47. The second-order valence-electron chi connectivity index (χ2n) is 8.02. The van der Waals surface area contributed by atoms with Crippen LogP contribution in [0.1, 0.15) is 36.5 Å². The van der Waals surface area contributed by atoms with Gasteiger partial charge in [0.2, 0.25) is 0 Å². The Balaban J connectivity index is 1.46. The molecule has 1 aromatic heterocycles. The van der Waals surface area contributed by atoms with Crippen LogP contribution < -0.4 is 15.6 Å². The molecule has 2 aliphatic heterocycles. The molecule has 3 heterocycles. The van der Waals surface area contributed by atoms with E-state index in [2.05, 4.69) is 15.8 Å². The Morgan fingerprint density at radius 2 is 2.12 bits per heavy atom.